The number of benzene rings is 1. The van der Waals surface area contributed by atoms with Crippen LogP contribution in [0.2, 0.25) is 10.0 Å². The molecular formula is C13H15Cl2NO. The van der Waals surface area contributed by atoms with Gasteiger partial charge >= 0.3 is 0 Å². The molecule has 1 aromatic carbocycles. The smallest absolute Gasteiger partial charge is 0.0964 e. The minimum Gasteiger partial charge on any atom is -0.385 e. The third-order valence-electron chi connectivity index (χ3n) is 4.15. The Morgan fingerprint density at radius 1 is 1.29 bits per heavy atom. The summed E-state index contributed by atoms with van der Waals surface area (Å²) in [7, 11) is 0. The molecule has 2 aliphatic heterocycles. The van der Waals surface area contributed by atoms with Crippen LogP contribution in [0.1, 0.15) is 18.4 Å². The zero-order valence-corrected chi connectivity index (χ0v) is 11.0. The third-order valence-corrected chi connectivity index (χ3v) is 4.72. The van der Waals surface area contributed by atoms with Gasteiger partial charge in [-0.2, -0.15) is 0 Å². The molecule has 17 heavy (non-hydrogen) atoms. The average Bonchev–Trinajstić information content (AvgIpc) is 2.73. The molecule has 3 unspecified atom stereocenters. The van der Waals surface area contributed by atoms with E-state index in [-0.39, 0.29) is 5.92 Å². The van der Waals surface area contributed by atoms with Crippen LogP contribution in [0.5, 0.6) is 0 Å². The summed E-state index contributed by atoms with van der Waals surface area (Å²) in [4.78, 5) is 2.40. The Bertz CT molecular complexity index is 451. The standard InChI is InChI=1S/C13H15Cl2NO/c14-10-1-2-12(15)11(7-10)13(17)4-6-16-5-3-9(13)8-16/h1-2,7,9,17H,3-6,8H2. The highest BCUT2D eigenvalue weighted by atomic mass is 35.5. The van der Waals surface area contributed by atoms with Crippen molar-refractivity contribution in [1.29, 1.82) is 0 Å². The topological polar surface area (TPSA) is 23.5 Å². The van der Waals surface area contributed by atoms with Crippen molar-refractivity contribution in [2.24, 2.45) is 5.92 Å². The summed E-state index contributed by atoms with van der Waals surface area (Å²) in [6.07, 6.45) is 1.79. The largest absolute Gasteiger partial charge is 0.385 e. The summed E-state index contributed by atoms with van der Waals surface area (Å²) in [5.41, 5.74) is 0.00726. The lowest BCUT2D eigenvalue weighted by Gasteiger charge is -2.39. The summed E-state index contributed by atoms with van der Waals surface area (Å²) in [6, 6.07) is 5.36. The van der Waals surface area contributed by atoms with Crippen molar-refractivity contribution < 1.29 is 5.11 Å². The fraction of sp³-hybridized carbons (Fsp3) is 0.538. The second-order valence-electron chi connectivity index (χ2n) is 5.08. The molecule has 1 aromatic rings. The van der Waals surface area contributed by atoms with Crippen LogP contribution in [0.4, 0.5) is 0 Å². The van der Waals surface area contributed by atoms with E-state index in [1.807, 2.05) is 6.07 Å². The van der Waals surface area contributed by atoms with Crippen molar-refractivity contribution in [3.8, 4) is 0 Å². The average molecular weight is 272 g/mol. The number of aliphatic hydroxyl groups is 1. The fourth-order valence-corrected chi connectivity index (χ4v) is 3.60. The van der Waals surface area contributed by atoms with Crippen LogP contribution in [-0.4, -0.2) is 29.6 Å². The summed E-state index contributed by atoms with van der Waals surface area (Å²) in [6.45, 7) is 3.00. The Morgan fingerprint density at radius 2 is 2.12 bits per heavy atom. The second-order valence-corrected chi connectivity index (χ2v) is 5.93. The van der Waals surface area contributed by atoms with Crippen LogP contribution < -0.4 is 0 Å². The third kappa shape index (κ3) is 1.88. The summed E-state index contributed by atoms with van der Waals surface area (Å²) in [5.74, 6) is 0.284. The lowest BCUT2D eigenvalue weighted by atomic mass is 9.77. The van der Waals surface area contributed by atoms with Gasteiger partial charge in [-0.3, -0.25) is 0 Å². The molecule has 2 saturated heterocycles. The van der Waals surface area contributed by atoms with Crippen molar-refractivity contribution in [2.45, 2.75) is 18.4 Å². The highest BCUT2D eigenvalue weighted by Crippen LogP contribution is 2.45. The second kappa shape index (κ2) is 4.13. The zero-order valence-electron chi connectivity index (χ0n) is 9.50. The Morgan fingerprint density at radius 3 is 2.94 bits per heavy atom. The minimum atomic E-state index is -0.797. The highest BCUT2D eigenvalue weighted by molar-refractivity contribution is 6.33. The molecule has 0 spiro atoms. The van der Waals surface area contributed by atoms with Gasteiger partial charge in [0.1, 0.15) is 0 Å². The van der Waals surface area contributed by atoms with Crippen molar-refractivity contribution in [1.82, 2.24) is 4.90 Å². The van der Waals surface area contributed by atoms with Crippen molar-refractivity contribution >= 4 is 23.2 Å². The van der Waals surface area contributed by atoms with Crippen LogP contribution in [0.25, 0.3) is 0 Å². The van der Waals surface area contributed by atoms with E-state index in [1.165, 1.54) is 0 Å². The van der Waals surface area contributed by atoms with Crippen LogP contribution in [0, 0.1) is 5.92 Å². The van der Waals surface area contributed by atoms with Gasteiger partial charge in [0.25, 0.3) is 0 Å². The molecule has 3 rings (SSSR count). The van der Waals surface area contributed by atoms with Gasteiger partial charge in [0, 0.05) is 34.6 Å². The molecule has 3 atom stereocenters. The molecule has 1 N–H and O–H groups in total. The normalized spacial score (nSPS) is 36.2. The lowest BCUT2D eigenvalue weighted by Crippen LogP contribution is -2.44. The van der Waals surface area contributed by atoms with Gasteiger partial charge in [0.2, 0.25) is 0 Å². The molecule has 2 heterocycles. The van der Waals surface area contributed by atoms with Crippen LogP contribution in [0.3, 0.4) is 0 Å². The van der Waals surface area contributed by atoms with Gasteiger partial charge in [-0.1, -0.05) is 23.2 Å². The predicted molar refractivity (Wildman–Crippen MR) is 69.5 cm³/mol. The number of hydrogen-bond donors (Lipinski definition) is 1. The summed E-state index contributed by atoms with van der Waals surface area (Å²) in [5, 5.41) is 12.2. The van der Waals surface area contributed by atoms with E-state index in [9.17, 15) is 5.11 Å². The quantitative estimate of drug-likeness (QED) is 0.849. The van der Waals surface area contributed by atoms with Crippen molar-refractivity contribution in [2.75, 3.05) is 19.6 Å². The maximum Gasteiger partial charge on any atom is 0.0964 e. The molecule has 0 radical (unpaired) electrons. The molecule has 2 nitrogen and oxygen atoms in total. The van der Waals surface area contributed by atoms with E-state index in [0.29, 0.717) is 10.0 Å². The molecule has 4 heteroatoms. The first-order valence-corrected chi connectivity index (χ1v) is 6.75. The Hall–Kier alpha value is -0.280. The van der Waals surface area contributed by atoms with Gasteiger partial charge in [0.05, 0.1) is 5.60 Å². The van der Waals surface area contributed by atoms with E-state index in [2.05, 4.69) is 4.90 Å². The van der Waals surface area contributed by atoms with Crippen LogP contribution in [-0.2, 0) is 5.60 Å². The van der Waals surface area contributed by atoms with E-state index in [1.54, 1.807) is 12.1 Å². The van der Waals surface area contributed by atoms with Gasteiger partial charge in [0.15, 0.2) is 0 Å². The maximum atomic E-state index is 11.0. The Labute approximate surface area is 111 Å². The Balaban J connectivity index is 2.04. The first-order valence-electron chi connectivity index (χ1n) is 6.00. The van der Waals surface area contributed by atoms with Crippen LogP contribution in [0.15, 0.2) is 18.2 Å². The van der Waals surface area contributed by atoms with Gasteiger partial charge in [-0.25, -0.2) is 0 Å². The number of fused-ring (bicyclic) bond motifs is 2. The molecule has 2 bridgehead atoms. The van der Waals surface area contributed by atoms with Gasteiger partial charge in [-0.15, -0.1) is 0 Å². The lowest BCUT2D eigenvalue weighted by molar-refractivity contribution is -0.0501. The Kier molecular flexibility index (Phi) is 2.86. The SMILES string of the molecule is OC1(c2cc(Cl)ccc2Cl)CCN2CCC1C2. The number of nitrogens with zero attached hydrogens (tertiary/aromatic N) is 1. The first kappa shape index (κ1) is 11.8. The highest BCUT2D eigenvalue weighted by Gasteiger charge is 2.46. The van der Waals surface area contributed by atoms with Crippen molar-refractivity contribution in [3.63, 3.8) is 0 Å². The molecule has 0 amide bonds. The molecule has 0 saturated carbocycles. The molecule has 92 valence electrons. The van der Waals surface area contributed by atoms with Gasteiger partial charge in [-0.05, 0) is 37.6 Å². The van der Waals surface area contributed by atoms with E-state index in [0.717, 1.165) is 38.0 Å². The van der Waals surface area contributed by atoms with E-state index < -0.39 is 5.60 Å². The maximum absolute atomic E-state index is 11.0. The summed E-state index contributed by atoms with van der Waals surface area (Å²) >= 11 is 12.2. The molecule has 0 aromatic heterocycles. The number of hydrogen-bond acceptors (Lipinski definition) is 2. The summed E-state index contributed by atoms with van der Waals surface area (Å²) < 4.78 is 0. The number of halogens is 2. The fourth-order valence-electron chi connectivity index (χ4n) is 3.14. The monoisotopic (exact) mass is 271 g/mol. The van der Waals surface area contributed by atoms with E-state index >= 15 is 0 Å². The first-order chi connectivity index (χ1) is 8.09. The molecule has 2 fully saturated rings. The number of piperidine rings is 1. The predicted octanol–water partition coefficient (Wildman–Crippen LogP) is 2.91. The molecule has 0 aliphatic carbocycles. The molecule has 2 aliphatic rings. The van der Waals surface area contributed by atoms with E-state index in [4.69, 9.17) is 23.2 Å². The zero-order chi connectivity index (χ0) is 12.0. The molecular weight excluding hydrogens is 257 g/mol. The van der Waals surface area contributed by atoms with Crippen LogP contribution >= 0.6 is 23.2 Å². The number of rotatable bonds is 1. The minimum absolute atomic E-state index is 0.284. The van der Waals surface area contributed by atoms with Crippen molar-refractivity contribution in [3.05, 3.63) is 33.8 Å². The van der Waals surface area contributed by atoms with Gasteiger partial charge < -0.3 is 10.0 Å².